The van der Waals surface area contributed by atoms with Crippen molar-refractivity contribution in [1.82, 2.24) is 4.98 Å². The van der Waals surface area contributed by atoms with Gasteiger partial charge in [-0.15, -0.1) is 11.3 Å². The quantitative estimate of drug-likeness (QED) is 0.486. The van der Waals surface area contributed by atoms with Gasteiger partial charge in [-0.25, -0.2) is 0 Å². The highest BCUT2D eigenvalue weighted by atomic mass is 32.1. The van der Waals surface area contributed by atoms with Gasteiger partial charge in [0, 0.05) is 15.6 Å². The van der Waals surface area contributed by atoms with E-state index in [0.29, 0.717) is 0 Å². The maximum absolute atomic E-state index is 3.48. The molecule has 0 atom stereocenters. The SMILES string of the molecule is c1ccc2[nH]c(-c3cc4ccccc4s3)cc2c1. The van der Waals surface area contributed by atoms with Gasteiger partial charge in [0.05, 0.1) is 10.6 Å². The molecule has 4 rings (SSSR count). The molecule has 4 aromatic rings. The van der Waals surface area contributed by atoms with E-state index < -0.39 is 0 Å². The van der Waals surface area contributed by atoms with Crippen LogP contribution in [0.25, 0.3) is 31.6 Å². The van der Waals surface area contributed by atoms with Crippen molar-refractivity contribution in [2.45, 2.75) is 0 Å². The van der Waals surface area contributed by atoms with E-state index >= 15 is 0 Å². The van der Waals surface area contributed by atoms with Gasteiger partial charge in [0.15, 0.2) is 0 Å². The minimum absolute atomic E-state index is 1.20. The van der Waals surface area contributed by atoms with Crippen LogP contribution in [0.5, 0.6) is 0 Å². The number of H-pyrrole nitrogens is 1. The molecule has 2 heteroatoms. The molecule has 0 aliphatic carbocycles. The van der Waals surface area contributed by atoms with Gasteiger partial charge in [0.25, 0.3) is 0 Å². The Labute approximate surface area is 109 Å². The van der Waals surface area contributed by atoms with Gasteiger partial charge >= 0.3 is 0 Å². The molecule has 0 unspecified atom stereocenters. The fraction of sp³-hybridized carbons (Fsp3) is 0. The summed E-state index contributed by atoms with van der Waals surface area (Å²) in [5.74, 6) is 0. The molecule has 0 spiro atoms. The Bertz CT molecular complexity index is 700. The predicted octanol–water partition coefficient (Wildman–Crippen LogP) is 5.05. The normalized spacial score (nSPS) is 11.3. The summed E-state index contributed by atoms with van der Waals surface area (Å²) in [6.45, 7) is 0. The lowest BCUT2D eigenvalue weighted by molar-refractivity contribution is 1.48. The molecule has 0 aliphatic heterocycles. The molecule has 18 heavy (non-hydrogen) atoms. The second-order valence-electron chi connectivity index (χ2n) is 4.42. The number of aromatic amines is 1. The summed E-state index contributed by atoms with van der Waals surface area (Å²) in [6, 6.07) is 21.4. The van der Waals surface area contributed by atoms with Gasteiger partial charge in [0.2, 0.25) is 0 Å². The highest BCUT2D eigenvalue weighted by Crippen LogP contribution is 2.34. The van der Waals surface area contributed by atoms with Gasteiger partial charge in [-0.2, -0.15) is 0 Å². The maximum Gasteiger partial charge on any atom is 0.0566 e. The highest BCUT2D eigenvalue weighted by Gasteiger charge is 2.06. The number of thiophene rings is 1. The van der Waals surface area contributed by atoms with Crippen molar-refractivity contribution in [1.29, 1.82) is 0 Å². The predicted molar refractivity (Wildman–Crippen MR) is 79.1 cm³/mol. The lowest BCUT2D eigenvalue weighted by Crippen LogP contribution is -1.68. The molecule has 0 radical (unpaired) electrons. The first kappa shape index (κ1) is 9.92. The summed E-state index contributed by atoms with van der Waals surface area (Å²) in [4.78, 5) is 4.78. The second kappa shape index (κ2) is 3.72. The molecule has 0 amide bonds. The summed E-state index contributed by atoms with van der Waals surface area (Å²) in [6.07, 6.45) is 0. The van der Waals surface area contributed by atoms with Gasteiger partial charge in [-0.1, -0.05) is 36.4 Å². The Morgan fingerprint density at radius 3 is 2.39 bits per heavy atom. The van der Waals surface area contributed by atoms with E-state index in [1.807, 2.05) is 11.3 Å². The van der Waals surface area contributed by atoms with Crippen molar-refractivity contribution in [3.8, 4) is 10.6 Å². The minimum atomic E-state index is 1.20. The summed E-state index contributed by atoms with van der Waals surface area (Å²) < 4.78 is 1.34. The Morgan fingerprint density at radius 1 is 0.778 bits per heavy atom. The summed E-state index contributed by atoms with van der Waals surface area (Å²) in [5.41, 5.74) is 2.40. The first-order chi connectivity index (χ1) is 8.90. The number of aromatic nitrogens is 1. The lowest BCUT2D eigenvalue weighted by Gasteiger charge is -1.88. The molecule has 0 saturated heterocycles. The number of hydrogen-bond acceptors (Lipinski definition) is 1. The van der Waals surface area contributed by atoms with E-state index in [1.165, 1.54) is 31.6 Å². The first-order valence-electron chi connectivity index (χ1n) is 5.97. The zero-order valence-electron chi connectivity index (χ0n) is 9.68. The molecule has 86 valence electrons. The number of fused-ring (bicyclic) bond motifs is 2. The fourth-order valence-corrected chi connectivity index (χ4v) is 3.35. The molecule has 0 saturated carbocycles. The van der Waals surface area contributed by atoms with Crippen molar-refractivity contribution in [2.75, 3.05) is 0 Å². The maximum atomic E-state index is 3.48. The van der Waals surface area contributed by atoms with Crippen molar-refractivity contribution < 1.29 is 0 Å². The second-order valence-corrected chi connectivity index (χ2v) is 5.50. The van der Waals surface area contributed by atoms with Crippen molar-refractivity contribution in [2.24, 2.45) is 0 Å². The largest absolute Gasteiger partial charge is 0.354 e. The molecule has 2 heterocycles. The third kappa shape index (κ3) is 1.46. The van der Waals surface area contributed by atoms with Crippen LogP contribution in [0.15, 0.2) is 60.7 Å². The topological polar surface area (TPSA) is 15.8 Å². The van der Waals surface area contributed by atoms with Crippen LogP contribution in [0, 0.1) is 0 Å². The van der Waals surface area contributed by atoms with Gasteiger partial charge < -0.3 is 4.98 Å². The van der Waals surface area contributed by atoms with Crippen LogP contribution in [-0.4, -0.2) is 4.98 Å². The van der Waals surface area contributed by atoms with Gasteiger partial charge in [-0.05, 0) is 29.7 Å². The summed E-state index contributed by atoms with van der Waals surface area (Å²) in [7, 11) is 0. The summed E-state index contributed by atoms with van der Waals surface area (Å²) >= 11 is 1.83. The smallest absolute Gasteiger partial charge is 0.0566 e. The van der Waals surface area contributed by atoms with E-state index in [2.05, 4.69) is 65.6 Å². The number of para-hydroxylation sites is 1. The minimum Gasteiger partial charge on any atom is -0.354 e. The molecule has 1 nitrogen and oxygen atoms in total. The Morgan fingerprint density at radius 2 is 1.56 bits per heavy atom. The van der Waals surface area contributed by atoms with Crippen molar-refractivity contribution in [3.63, 3.8) is 0 Å². The number of hydrogen-bond donors (Lipinski definition) is 1. The Kier molecular flexibility index (Phi) is 2.05. The number of benzene rings is 2. The molecule has 0 aliphatic rings. The number of nitrogens with one attached hydrogen (secondary N) is 1. The van der Waals surface area contributed by atoms with E-state index in [0.717, 1.165) is 0 Å². The molecule has 0 bridgehead atoms. The van der Waals surface area contributed by atoms with Crippen LogP contribution in [0.1, 0.15) is 0 Å². The Hall–Kier alpha value is -2.06. The van der Waals surface area contributed by atoms with Gasteiger partial charge in [-0.3, -0.25) is 0 Å². The van der Waals surface area contributed by atoms with E-state index in [-0.39, 0.29) is 0 Å². The van der Waals surface area contributed by atoms with Crippen LogP contribution >= 0.6 is 11.3 Å². The van der Waals surface area contributed by atoms with Crippen LogP contribution in [0.4, 0.5) is 0 Å². The molecule has 1 N–H and O–H groups in total. The first-order valence-corrected chi connectivity index (χ1v) is 6.78. The van der Waals surface area contributed by atoms with Crippen molar-refractivity contribution >= 4 is 32.3 Å². The molecular formula is C16H11NS. The van der Waals surface area contributed by atoms with Crippen LogP contribution in [0.2, 0.25) is 0 Å². The molecule has 0 fully saturated rings. The van der Waals surface area contributed by atoms with Gasteiger partial charge in [0.1, 0.15) is 0 Å². The third-order valence-corrected chi connectivity index (χ3v) is 4.37. The standard InChI is InChI=1S/C16H11NS/c1-3-7-13-11(5-1)9-14(17-13)16-10-12-6-2-4-8-15(12)18-16/h1-10,17H. The van der Waals surface area contributed by atoms with Crippen LogP contribution in [-0.2, 0) is 0 Å². The Balaban J connectivity index is 1.95. The molecular weight excluding hydrogens is 238 g/mol. The van der Waals surface area contributed by atoms with E-state index in [4.69, 9.17) is 0 Å². The average Bonchev–Trinajstić information content (AvgIpc) is 3.02. The van der Waals surface area contributed by atoms with E-state index in [1.54, 1.807) is 0 Å². The van der Waals surface area contributed by atoms with Crippen LogP contribution < -0.4 is 0 Å². The average molecular weight is 249 g/mol. The molecule has 2 aromatic carbocycles. The van der Waals surface area contributed by atoms with Crippen molar-refractivity contribution in [3.05, 3.63) is 60.7 Å². The summed E-state index contributed by atoms with van der Waals surface area (Å²) in [5, 5.41) is 2.58. The lowest BCUT2D eigenvalue weighted by atomic mass is 10.2. The van der Waals surface area contributed by atoms with E-state index in [9.17, 15) is 0 Å². The fourth-order valence-electron chi connectivity index (χ4n) is 2.32. The van der Waals surface area contributed by atoms with Crippen LogP contribution in [0.3, 0.4) is 0 Å². The number of rotatable bonds is 1. The monoisotopic (exact) mass is 249 g/mol. The zero-order chi connectivity index (χ0) is 11.9. The highest BCUT2D eigenvalue weighted by molar-refractivity contribution is 7.22. The molecule has 2 aromatic heterocycles. The zero-order valence-corrected chi connectivity index (χ0v) is 10.5. The third-order valence-electron chi connectivity index (χ3n) is 3.22.